The Morgan fingerprint density at radius 3 is 2.72 bits per heavy atom. The molecule has 0 fully saturated rings. The van der Waals surface area contributed by atoms with Crippen molar-refractivity contribution in [2.75, 3.05) is 19.7 Å². The first kappa shape index (κ1) is 21.1. The molecule has 6 nitrogen and oxygen atoms in total. The molecule has 0 bridgehead atoms. The number of nitrogens with one attached hydrogen (secondary N) is 1. The Labute approximate surface area is 163 Å². The van der Waals surface area contributed by atoms with E-state index in [1.807, 2.05) is 18.2 Å². The highest BCUT2D eigenvalue weighted by molar-refractivity contribution is 14.0. The number of benzene rings is 1. The third-order valence-electron chi connectivity index (χ3n) is 3.14. The number of hydrogen-bond acceptors (Lipinski definition) is 4. The maximum Gasteiger partial charge on any atom is 0.188 e. The number of rotatable bonds is 8. The van der Waals surface area contributed by atoms with Crippen LogP contribution in [0.4, 0.5) is 4.39 Å². The van der Waals surface area contributed by atoms with Crippen molar-refractivity contribution in [3.63, 3.8) is 0 Å². The molecule has 0 saturated heterocycles. The molecule has 0 aliphatic rings. The fourth-order valence-electron chi connectivity index (χ4n) is 1.90. The van der Waals surface area contributed by atoms with Gasteiger partial charge in [-0.25, -0.2) is 4.39 Å². The Bertz CT molecular complexity index is 641. The molecule has 4 N–H and O–H groups in total. The maximum atomic E-state index is 12.8. The number of nitrogens with zero attached hydrogens (tertiary/aromatic N) is 2. The number of hydrogen-bond donors (Lipinski definition) is 3. The zero-order valence-corrected chi connectivity index (χ0v) is 16.0. The number of halogens is 2. The third kappa shape index (κ3) is 8.64. The second kappa shape index (κ2) is 11.6. The van der Waals surface area contributed by atoms with Gasteiger partial charge in [-0.1, -0.05) is 6.07 Å². The lowest BCUT2D eigenvalue weighted by atomic mass is 10.3. The molecule has 0 saturated carbocycles. The van der Waals surface area contributed by atoms with Gasteiger partial charge in [0, 0.05) is 24.9 Å². The van der Waals surface area contributed by atoms with E-state index in [2.05, 4.69) is 15.3 Å². The molecular weight excluding hydrogens is 438 g/mol. The predicted octanol–water partition coefficient (Wildman–Crippen LogP) is 1.73. The summed E-state index contributed by atoms with van der Waals surface area (Å²) >= 11 is 0. The van der Waals surface area contributed by atoms with Crippen molar-refractivity contribution in [1.82, 2.24) is 10.3 Å². The second-order valence-corrected chi connectivity index (χ2v) is 5.14. The predicted molar refractivity (Wildman–Crippen MR) is 106 cm³/mol. The zero-order chi connectivity index (χ0) is 17.2. The van der Waals surface area contributed by atoms with Gasteiger partial charge in [-0.2, -0.15) is 0 Å². The van der Waals surface area contributed by atoms with Crippen LogP contribution >= 0.6 is 24.0 Å². The quantitative estimate of drug-likeness (QED) is 0.317. The van der Waals surface area contributed by atoms with Gasteiger partial charge in [-0.3, -0.25) is 9.98 Å². The summed E-state index contributed by atoms with van der Waals surface area (Å²) in [4.78, 5) is 8.26. The van der Waals surface area contributed by atoms with Crippen molar-refractivity contribution < 1.29 is 14.2 Å². The van der Waals surface area contributed by atoms with Crippen LogP contribution in [0.1, 0.15) is 5.69 Å². The molecule has 2 aromatic rings. The van der Waals surface area contributed by atoms with Crippen LogP contribution < -0.4 is 15.8 Å². The molecule has 0 spiro atoms. The number of aliphatic hydroxyl groups excluding tert-OH is 1. The summed E-state index contributed by atoms with van der Waals surface area (Å²) in [5, 5.41) is 12.8. The Morgan fingerprint density at radius 1 is 1.28 bits per heavy atom. The van der Waals surface area contributed by atoms with E-state index in [-0.39, 0.29) is 48.9 Å². The van der Waals surface area contributed by atoms with Gasteiger partial charge in [0.15, 0.2) is 5.96 Å². The fraction of sp³-hybridized carbons (Fsp3) is 0.294. The SMILES string of the molecule is I.NC(=NCC(O)COc1ccc(F)cc1)NCCc1ccccn1. The van der Waals surface area contributed by atoms with Crippen molar-refractivity contribution in [2.24, 2.45) is 10.7 Å². The van der Waals surface area contributed by atoms with Crippen molar-refractivity contribution in [3.05, 3.63) is 60.2 Å². The highest BCUT2D eigenvalue weighted by atomic mass is 127. The van der Waals surface area contributed by atoms with Crippen LogP contribution in [0.2, 0.25) is 0 Å². The Morgan fingerprint density at radius 2 is 2.04 bits per heavy atom. The number of aromatic nitrogens is 1. The van der Waals surface area contributed by atoms with Gasteiger partial charge in [-0.15, -0.1) is 24.0 Å². The molecule has 25 heavy (non-hydrogen) atoms. The minimum atomic E-state index is -0.800. The summed E-state index contributed by atoms with van der Waals surface area (Å²) in [5.74, 6) is 0.407. The fourth-order valence-corrected chi connectivity index (χ4v) is 1.90. The zero-order valence-electron chi connectivity index (χ0n) is 13.6. The van der Waals surface area contributed by atoms with E-state index in [9.17, 15) is 9.50 Å². The number of ether oxygens (including phenoxy) is 1. The first-order valence-electron chi connectivity index (χ1n) is 7.63. The van der Waals surface area contributed by atoms with Gasteiger partial charge in [0.05, 0.1) is 6.54 Å². The van der Waals surface area contributed by atoms with Crippen molar-refractivity contribution >= 4 is 29.9 Å². The molecule has 1 atom stereocenters. The molecule has 0 aliphatic heterocycles. The lowest BCUT2D eigenvalue weighted by molar-refractivity contribution is 0.114. The molecule has 0 aliphatic carbocycles. The summed E-state index contributed by atoms with van der Waals surface area (Å²) in [7, 11) is 0. The Kier molecular flexibility index (Phi) is 9.78. The molecule has 0 amide bonds. The van der Waals surface area contributed by atoms with Crippen LogP contribution in [0.3, 0.4) is 0 Å². The lowest BCUT2D eigenvalue weighted by Gasteiger charge is -2.11. The van der Waals surface area contributed by atoms with E-state index in [0.29, 0.717) is 12.3 Å². The van der Waals surface area contributed by atoms with E-state index in [1.54, 1.807) is 6.20 Å². The van der Waals surface area contributed by atoms with E-state index < -0.39 is 6.10 Å². The minimum absolute atomic E-state index is 0. The van der Waals surface area contributed by atoms with Crippen LogP contribution in [0.5, 0.6) is 5.75 Å². The van der Waals surface area contributed by atoms with Gasteiger partial charge in [0.25, 0.3) is 0 Å². The number of guanidine groups is 1. The standard InChI is InChI=1S/C17H21FN4O2.HI/c18-13-4-6-16(7-5-13)24-12-15(23)11-22-17(19)21-10-8-14-3-1-2-9-20-14;/h1-7,9,15,23H,8,10-12H2,(H3,19,21,22);1H. The molecule has 0 radical (unpaired) electrons. The smallest absolute Gasteiger partial charge is 0.188 e. The average molecular weight is 460 g/mol. The van der Waals surface area contributed by atoms with Crippen LogP contribution in [0, 0.1) is 5.82 Å². The van der Waals surface area contributed by atoms with Gasteiger partial charge in [0.2, 0.25) is 0 Å². The van der Waals surface area contributed by atoms with E-state index in [1.165, 1.54) is 24.3 Å². The van der Waals surface area contributed by atoms with Crippen LogP contribution in [0.25, 0.3) is 0 Å². The Balaban J connectivity index is 0.00000312. The summed E-state index contributed by atoms with van der Waals surface area (Å²) < 4.78 is 18.1. The van der Waals surface area contributed by atoms with Crippen molar-refractivity contribution in [1.29, 1.82) is 0 Å². The first-order valence-corrected chi connectivity index (χ1v) is 7.63. The maximum absolute atomic E-state index is 12.8. The summed E-state index contributed by atoms with van der Waals surface area (Å²) in [5.41, 5.74) is 6.70. The van der Waals surface area contributed by atoms with E-state index in [4.69, 9.17) is 10.5 Å². The minimum Gasteiger partial charge on any atom is -0.491 e. The van der Waals surface area contributed by atoms with Gasteiger partial charge < -0.3 is 20.9 Å². The van der Waals surface area contributed by atoms with Crippen LogP contribution in [-0.2, 0) is 6.42 Å². The lowest BCUT2D eigenvalue weighted by Crippen LogP contribution is -2.34. The normalized spacial score (nSPS) is 12.2. The van der Waals surface area contributed by atoms with Gasteiger partial charge >= 0.3 is 0 Å². The van der Waals surface area contributed by atoms with Crippen LogP contribution in [0.15, 0.2) is 53.7 Å². The molecule has 1 unspecified atom stereocenters. The summed E-state index contributed by atoms with van der Waals surface area (Å²) in [6.45, 7) is 0.772. The van der Waals surface area contributed by atoms with Gasteiger partial charge in [-0.05, 0) is 36.4 Å². The monoisotopic (exact) mass is 460 g/mol. The number of aliphatic imine (C=N–C) groups is 1. The molecule has 8 heteroatoms. The molecule has 1 heterocycles. The van der Waals surface area contributed by atoms with E-state index >= 15 is 0 Å². The summed E-state index contributed by atoms with van der Waals surface area (Å²) in [6, 6.07) is 11.3. The van der Waals surface area contributed by atoms with E-state index in [0.717, 1.165) is 12.1 Å². The first-order chi connectivity index (χ1) is 11.6. The Hall–Kier alpha value is -1.94. The van der Waals surface area contributed by atoms with Gasteiger partial charge in [0.1, 0.15) is 24.3 Å². The topological polar surface area (TPSA) is 92.8 Å². The van der Waals surface area contributed by atoms with Crippen molar-refractivity contribution in [2.45, 2.75) is 12.5 Å². The van der Waals surface area contributed by atoms with Crippen LogP contribution in [-0.4, -0.2) is 41.9 Å². The largest absolute Gasteiger partial charge is 0.491 e. The molecule has 1 aromatic heterocycles. The number of nitrogens with two attached hydrogens (primary N) is 1. The molecule has 136 valence electrons. The third-order valence-corrected chi connectivity index (χ3v) is 3.14. The molecule has 2 rings (SSSR count). The highest BCUT2D eigenvalue weighted by Crippen LogP contribution is 2.11. The molecule has 1 aromatic carbocycles. The number of pyridine rings is 1. The second-order valence-electron chi connectivity index (χ2n) is 5.14. The summed E-state index contributed by atoms with van der Waals surface area (Å²) in [6.07, 6.45) is 1.67. The van der Waals surface area contributed by atoms with Crippen molar-refractivity contribution in [3.8, 4) is 5.75 Å². The average Bonchev–Trinajstić information content (AvgIpc) is 2.60. The number of aliphatic hydroxyl groups is 1. The highest BCUT2D eigenvalue weighted by Gasteiger charge is 2.05. The molecular formula is C17H22FIN4O2.